The number of rotatable bonds is 5. The molecule has 0 radical (unpaired) electrons. The summed E-state index contributed by atoms with van der Waals surface area (Å²) >= 11 is 0. The van der Waals surface area contributed by atoms with E-state index in [2.05, 4.69) is 27.3 Å². The molecule has 7 heteroatoms. The molecule has 31 heavy (non-hydrogen) atoms. The number of aromatic nitrogens is 3. The number of carbonyl (C=O) groups is 1. The molecule has 0 aliphatic carbocycles. The molecular formula is C24H29N5O2. The Morgan fingerprint density at radius 3 is 2.55 bits per heavy atom. The number of nitrogens with zero attached hydrogens (tertiary/aromatic N) is 3. The summed E-state index contributed by atoms with van der Waals surface area (Å²) in [4.78, 5) is 19.7. The lowest BCUT2D eigenvalue weighted by molar-refractivity contribution is 0.0712. The van der Waals surface area contributed by atoms with Crippen molar-refractivity contribution in [3.8, 4) is 17.4 Å². The summed E-state index contributed by atoms with van der Waals surface area (Å²) < 4.78 is 5.36. The Morgan fingerprint density at radius 2 is 1.87 bits per heavy atom. The van der Waals surface area contributed by atoms with Crippen LogP contribution in [0.3, 0.4) is 0 Å². The highest BCUT2D eigenvalue weighted by Crippen LogP contribution is 2.31. The first-order valence-electron chi connectivity index (χ1n) is 10.8. The number of aryl methyl sites for hydroxylation is 2. The first kappa shape index (κ1) is 20.9. The minimum atomic E-state index is 0.0686. The van der Waals surface area contributed by atoms with Gasteiger partial charge >= 0.3 is 6.01 Å². The molecule has 7 nitrogen and oxygen atoms in total. The predicted octanol–water partition coefficient (Wildman–Crippen LogP) is 4.09. The topological polar surface area (TPSA) is 97.1 Å². The van der Waals surface area contributed by atoms with Crippen molar-refractivity contribution in [1.29, 1.82) is 0 Å². The summed E-state index contributed by atoms with van der Waals surface area (Å²) in [7, 11) is 0. The van der Waals surface area contributed by atoms with Crippen LogP contribution in [0.15, 0.2) is 36.4 Å². The first-order chi connectivity index (χ1) is 15.0. The molecule has 0 bridgehead atoms. The number of anilines is 1. The van der Waals surface area contributed by atoms with Crippen molar-refractivity contribution >= 4 is 11.6 Å². The van der Waals surface area contributed by atoms with Crippen molar-refractivity contribution in [2.75, 3.05) is 25.4 Å². The zero-order chi connectivity index (χ0) is 22.0. The molecule has 162 valence electrons. The normalized spacial score (nSPS) is 14.6. The molecule has 1 amide bonds. The monoisotopic (exact) mass is 419 g/mol. The van der Waals surface area contributed by atoms with E-state index in [4.69, 9.17) is 10.5 Å². The van der Waals surface area contributed by atoms with Gasteiger partial charge in [-0.15, -0.1) is 5.10 Å². The summed E-state index contributed by atoms with van der Waals surface area (Å²) in [6.45, 7) is 7.87. The second-order valence-electron chi connectivity index (χ2n) is 8.11. The van der Waals surface area contributed by atoms with Crippen LogP contribution < -0.4 is 10.5 Å². The Hall–Kier alpha value is -3.35. The van der Waals surface area contributed by atoms with Gasteiger partial charge in [0.15, 0.2) is 5.82 Å². The van der Waals surface area contributed by atoms with Gasteiger partial charge in [-0.2, -0.15) is 4.98 Å². The van der Waals surface area contributed by atoms with E-state index in [1.54, 1.807) is 0 Å². The molecular weight excluding hydrogens is 390 g/mol. The van der Waals surface area contributed by atoms with Crippen molar-refractivity contribution in [2.45, 2.75) is 39.5 Å². The van der Waals surface area contributed by atoms with Crippen molar-refractivity contribution in [1.82, 2.24) is 20.1 Å². The maximum absolute atomic E-state index is 13.3. The van der Waals surface area contributed by atoms with Gasteiger partial charge in [-0.05, 0) is 74.4 Å². The van der Waals surface area contributed by atoms with Gasteiger partial charge in [0.05, 0.1) is 6.61 Å². The highest BCUT2D eigenvalue weighted by atomic mass is 16.5. The summed E-state index contributed by atoms with van der Waals surface area (Å²) in [6, 6.07) is 12.4. The minimum Gasteiger partial charge on any atom is -0.463 e. The second kappa shape index (κ2) is 8.79. The van der Waals surface area contributed by atoms with Crippen molar-refractivity contribution in [3.63, 3.8) is 0 Å². The van der Waals surface area contributed by atoms with Crippen LogP contribution >= 0.6 is 0 Å². The van der Waals surface area contributed by atoms with E-state index in [0.717, 1.165) is 48.3 Å². The molecule has 2 heterocycles. The molecule has 3 aromatic rings. The lowest BCUT2D eigenvalue weighted by Crippen LogP contribution is -2.38. The standard InChI is InChI=1S/C24H29N5O2/c1-4-31-24-26-22(27-28-24)20-14-21(16(3)13-15(20)2)23(30)29-11-9-18(10-12-29)17-5-7-19(25)8-6-17/h5-8,13-14,18H,4,9-12,25H2,1-3H3,(H,26,27,28). The third kappa shape index (κ3) is 4.40. The van der Waals surface area contributed by atoms with Crippen LogP contribution in [0.2, 0.25) is 0 Å². The van der Waals surface area contributed by atoms with Crippen LogP contribution in [-0.2, 0) is 0 Å². The molecule has 1 saturated heterocycles. The van der Waals surface area contributed by atoms with Crippen molar-refractivity contribution < 1.29 is 9.53 Å². The van der Waals surface area contributed by atoms with E-state index in [0.29, 0.717) is 29.9 Å². The summed E-state index contributed by atoms with van der Waals surface area (Å²) in [6.07, 6.45) is 1.90. The number of hydrogen-bond acceptors (Lipinski definition) is 5. The Labute approximate surface area is 182 Å². The largest absolute Gasteiger partial charge is 0.463 e. The van der Waals surface area contributed by atoms with Gasteiger partial charge in [-0.25, -0.2) is 0 Å². The number of piperidine rings is 1. The van der Waals surface area contributed by atoms with Crippen LogP contribution in [-0.4, -0.2) is 45.7 Å². The number of benzene rings is 2. The van der Waals surface area contributed by atoms with Crippen LogP contribution in [0.1, 0.15) is 52.7 Å². The fourth-order valence-electron chi connectivity index (χ4n) is 4.25. The van der Waals surface area contributed by atoms with E-state index in [1.165, 1.54) is 5.56 Å². The molecule has 1 aliphatic heterocycles. The van der Waals surface area contributed by atoms with E-state index in [-0.39, 0.29) is 5.91 Å². The number of nitrogens with two attached hydrogens (primary N) is 1. The predicted molar refractivity (Wildman–Crippen MR) is 121 cm³/mol. The second-order valence-corrected chi connectivity index (χ2v) is 8.11. The maximum Gasteiger partial charge on any atom is 0.335 e. The number of likely N-dealkylation sites (tertiary alicyclic amines) is 1. The first-order valence-corrected chi connectivity index (χ1v) is 10.8. The van der Waals surface area contributed by atoms with E-state index < -0.39 is 0 Å². The Bertz CT molecular complexity index is 1070. The summed E-state index contributed by atoms with van der Waals surface area (Å²) in [5.41, 5.74) is 11.5. The molecule has 4 rings (SSSR count). The minimum absolute atomic E-state index is 0.0686. The van der Waals surface area contributed by atoms with Crippen LogP contribution in [0, 0.1) is 13.8 Å². The number of ether oxygens (including phenoxy) is 1. The number of aromatic amines is 1. The number of hydrogen-bond donors (Lipinski definition) is 2. The number of amides is 1. The third-order valence-corrected chi connectivity index (χ3v) is 5.99. The van der Waals surface area contributed by atoms with Gasteiger partial charge < -0.3 is 15.4 Å². The molecule has 1 fully saturated rings. The number of nitrogen functional groups attached to an aromatic ring is 1. The fourth-order valence-corrected chi connectivity index (χ4v) is 4.25. The maximum atomic E-state index is 13.3. The van der Waals surface area contributed by atoms with Gasteiger partial charge in [-0.1, -0.05) is 18.2 Å². The number of nitrogens with one attached hydrogen (secondary N) is 1. The molecule has 0 atom stereocenters. The molecule has 3 N–H and O–H groups in total. The van der Waals surface area contributed by atoms with Gasteiger partial charge in [0.2, 0.25) is 0 Å². The van der Waals surface area contributed by atoms with Crippen molar-refractivity contribution in [2.24, 2.45) is 0 Å². The fraction of sp³-hybridized carbons (Fsp3) is 0.375. The molecule has 1 aliphatic rings. The van der Waals surface area contributed by atoms with Gasteiger partial charge in [0.1, 0.15) is 0 Å². The lowest BCUT2D eigenvalue weighted by atomic mass is 9.89. The SMILES string of the molecule is CCOc1n[nH]c(-c2cc(C(=O)N3CCC(c4ccc(N)cc4)CC3)c(C)cc2C)n1. The Kier molecular flexibility index (Phi) is 5.93. The van der Waals surface area contributed by atoms with E-state index in [9.17, 15) is 4.79 Å². The van der Waals surface area contributed by atoms with Gasteiger partial charge in [0, 0.05) is 29.9 Å². The zero-order valence-electron chi connectivity index (χ0n) is 18.3. The molecule has 0 saturated carbocycles. The zero-order valence-corrected chi connectivity index (χ0v) is 18.3. The lowest BCUT2D eigenvalue weighted by Gasteiger charge is -2.32. The summed E-state index contributed by atoms with van der Waals surface area (Å²) in [5.74, 6) is 1.14. The number of carbonyl (C=O) groups excluding carboxylic acids is 1. The molecule has 0 unspecified atom stereocenters. The van der Waals surface area contributed by atoms with Gasteiger partial charge in [-0.3, -0.25) is 9.89 Å². The van der Waals surface area contributed by atoms with Crippen molar-refractivity contribution in [3.05, 3.63) is 58.7 Å². The van der Waals surface area contributed by atoms with Crippen LogP contribution in [0.5, 0.6) is 6.01 Å². The smallest absolute Gasteiger partial charge is 0.335 e. The van der Waals surface area contributed by atoms with E-state index in [1.807, 2.05) is 49.9 Å². The highest BCUT2D eigenvalue weighted by Gasteiger charge is 2.26. The number of H-pyrrole nitrogens is 1. The third-order valence-electron chi connectivity index (χ3n) is 5.99. The highest BCUT2D eigenvalue weighted by molar-refractivity contribution is 5.97. The molecule has 0 spiro atoms. The Morgan fingerprint density at radius 1 is 1.16 bits per heavy atom. The summed E-state index contributed by atoms with van der Waals surface area (Å²) in [5, 5.41) is 7.01. The quantitative estimate of drug-likeness (QED) is 0.607. The van der Waals surface area contributed by atoms with Gasteiger partial charge in [0.25, 0.3) is 5.91 Å². The average molecular weight is 420 g/mol. The molecule has 2 aromatic carbocycles. The van der Waals surface area contributed by atoms with Crippen LogP contribution in [0.25, 0.3) is 11.4 Å². The van der Waals surface area contributed by atoms with Crippen LogP contribution in [0.4, 0.5) is 5.69 Å². The average Bonchev–Trinajstić information content (AvgIpc) is 3.23. The molecule has 1 aromatic heterocycles. The van der Waals surface area contributed by atoms with E-state index >= 15 is 0 Å². The Balaban J connectivity index is 1.51.